The van der Waals surface area contributed by atoms with Crippen molar-refractivity contribution in [3.05, 3.63) is 42.0 Å². The van der Waals surface area contributed by atoms with E-state index in [4.69, 9.17) is 10.8 Å². The summed E-state index contributed by atoms with van der Waals surface area (Å²) in [5.74, 6) is -1.22. The molecule has 4 N–H and O–H groups in total. The highest BCUT2D eigenvalue weighted by Crippen LogP contribution is 2.31. The molecular weight excluding hydrogens is 206 g/mol. The van der Waals surface area contributed by atoms with Crippen LogP contribution < -0.4 is 5.73 Å². The monoisotopic (exact) mass is 217 g/mol. The molecule has 16 heavy (non-hydrogen) atoms. The maximum absolute atomic E-state index is 10.8. The van der Waals surface area contributed by atoms with E-state index in [1.54, 1.807) is 18.2 Å². The molecule has 1 atom stereocenters. The zero-order valence-electron chi connectivity index (χ0n) is 8.42. The van der Waals surface area contributed by atoms with E-state index >= 15 is 0 Å². The largest absolute Gasteiger partial charge is 0.507 e. The normalized spacial score (nSPS) is 12.6. The SMILES string of the molecule is NC(C(=O)O)c1ccc2ccccc2c1O. The van der Waals surface area contributed by atoms with Crippen LogP contribution in [0.25, 0.3) is 10.8 Å². The zero-order chi connectivity index (χ0) is 11.7. The standard InChI is InChI=1S/C12H11NO3/c13-10(12(15)16)9-6-5-7-3-1-2-4-8(7)11(9)14/h1-6,10,14H,13H2,(H,15,16). The van der Waals surface area contributed by atoms with E-state index < -0.39 is 12.0 Å². The first-order valence-corrected chi connectivity index (χ1v) is 4.80. The van der Waals surface area contributed by atoms with Crippen molar-refractivity contribution in [1.82, 2.24) is 0 Å². The maximum Gasteiger partial charge on any atom is 0.325 e. The molecule has 0 amide bonds. The van der Waals surface area contributed by atoms with Crippen molar-refractivity contribution in [1.29, 1.82) is 0 Å². The fourth-order valence-electron chi connectivity index (χ4n) is 1.66. The van der Waals surface area contributed by atoms with Crippen LogP contribution in [0.3, 0.4) is 0 Å². The van der Waals surface area contributed by atoms with Gasteiger partial charge in [0.15, 0.2) is 0 Å². The van der Waals surface area contributed by atoms with Gasteiger partial charge in [-0.25, -0.2) is 0 Å². The van der Waals surface area contributed by atoms with E-state index in [9.17, 15) is 9.90 Å². The lowest BCUT2D eigenvalue weighted by molar-refractivity contribution is -0.138. The maximum atomic E-state index is 10.8. The van der Waals surface area contributed by atoms with Crippen LogP contribution >= 0.6 is 0 Å². The first-order chi connectivity index (χ1) is 7.61. The number of nitrogens with two attached hydrogens (primary N) is 1. The number of phenolic OH excluding ortho intramolecular Hbond substituents is 1. The van der Waals surface area contributed by atoms with Crippen LogP contribution in [-0.4, -0.2) is 16.2 Å². The van der Waals surface area contributed by atoms with Crippen molar-refractivity contribution in [3.63, 3.8) is 0 Å². The Bertz CT molecular complexity index is 551. The van der Waals surface area contributed by atoms with Gasteiger partial charge in [0, 0.05) is 10.9 Å². The van der Waals surface area contributed by atoms with Crippen LogP contribution in [0.1, 0.15) is 11.6 Å². The Morgan fingerprint density at radius 3 is 2.56 bits per heavy atom. The molecule has 0 saturated heterocycles. The molecule has 2 aromatic rings. The molecule has 0 heterocycles. The Morgan fingerprint density at radius 1 is 1.19 bits per heavy atom. The van der Waals surface area contributed by atoms with Gasteiger partial charge in [0.1, 0.15) is 11.8 Å². The minimum atomic E-state index is -1.20. The lowest BCUT2D eigenvalue weighted by atomic mass is 10.0. The highest BCUT2D eigenvalue weighted by atomic mass is 16.4. The molecule has 0 radical (unpaired) electrons. The molecule has 0 aromatic heterocycles. The number of hydrogen-bond donors (Lipinski definition) is 3. The molecule has 1 unspecified atom stereocenters. The predicted octanol–water partition coefficient (Wildman–Crippen LogP) is 1.63. The second-order valence-electron chi connectivity index (χ2n) is 3.54. The Hall–Kier alpha value is -2.07. The molecule has 0 aliphatic rings. The van der Waals surface area contributed by atoms with Gasteiger partial charge >= 0.3 is 5.97 Å². The van der Waals surface area contributed by atoms with Crippen molar-refractivity contribution in [3.8, 4) is 5.75 Å². The van der Waals surface area contributed by atoms with Crippen LogP contribution in [0.4, 0.5) is 0 Å². The van der Waals surface area contributed by atoms with Gasteiger partial charge in [-0.1, -0.05) is 36.4 Å². The number of aromatic hydroxyl groups is 1. The van der Waals surface area contributed by atoms with Gasteiger partial charge in [-0.15, -0.1) is 0 Å². The fourth-order valence-corrected chi connectivity index (χ4v) is 1.66. The van der Waals surface area contributed by atoms with E-state index in [0.29, 0.717) is 5.39 Å². The van der Waals surface area contributed by atoms with Crippen LogP contribution in [-0.2, 0) is 4.79 Å². The molecular formula is C12H11NO3. The average molecular weight is 217 g/mol. The summed E-state index contributed by atoms with van der Waals surface area (Å²) in [5.41, 5.74) is 5.70. The van der Waals surface area contributed by atoms with Gasteiger partial charge in [0.25, 0.3) is 0 Å². The minimum Gasteiger partial charge on any atom is -0.507 e. The predicted molar refractivity (Wildman–Crippen MR) is 60.2 cm³/mol. The molecule has 0 saturated carbocycles. The van der Waals surface area contributed by atoms with Crippen LogP contribution in [0.5, 0.6) is 5.75 Å². The molecule has 2 rings (SSSR count). The summed E-state index contributed by atoms with van der Waals surface area (Å²) in [4.78, 5) is 10.8. The van der Waals surface area contributed by atoms with E-state index in [0.717, 1.165) is 5.39 Å². The molecule has 82 valence electrons. The quantitative estimate of drug-likeness (QED) is 0.713. The fraction of sp³-hybridized carbons (Fsp3) is 0.0833. The number of benzene rings is 2. The number of aliphatic carboxylic acids is 1. The molecule has 4 nitrogen and oxygen atoms in total. The topological polar surface area (TPSA) is 83.6 Å². The number of hydrogen-bond acceptors (Lipinski definition) is 3. The number of carboxylic acid groups (broad SMARTS) is 1. The van der Waals surface area contributed by atoms with Crippen molar-refractivity contribution in [2.45, 2.75) is 6.04 Å². The number of rotatable bonds is 2. The molecule has 2 aromatic carbocycles. The number of carbonyl (C=O) groups is 1. The molecule has 4 heteroatoms. The third-order valence-corrected chi connectivity index (χ3v) is 2.53. The first-order valence-electron chi connectivity index (χ1n) is 4.80. The first kappa shape index (κ1) is 10.4. The summed E-state index contributed by atoms with van der Waals surface area (Å²) < 4.78 is 0. The third kappa shape index (κ3) is 1.59. The Balaban J connectivity index is 2.65. The summed E-state index contributed by atoms with van der Waals surface area (Å²) in [6.45, 7) is 0. The highest BCUT2D eigenvalue weighted by Gasteiger charge is 2.19. The van der Waals surface area contributed by atoms with E-state index in [1.165, 1.54) is 6.07 Å². The third-order valence-electron chi connectivity index (χ3n) is 2.53. The van der Waals surface area contributed by atoms with Crippen molar-refractivity contribution >= 4 is 16.7 Å². The van der Waals surface area contributed by atoms with Gasteiger partial charge in [-0.05, 0) is 5.39 Å². The second-order valence-corrected chi connectivity index (χ2v) is 3.54. The summed E-state index contributed by atoms with van der Waals surface area (Å²) in [5, 5.41) is 20.2. The van der Waals surface area contributed by atoms with Gasteiger partial charge in [-0.2, -0.15) is 0 Å². The summed E-state index contributed by atoms with van der Waals surface area (Å²) in [6, 6.07) is 9.26. The summed E-state index contributed by atoms with van der Waals surface area (Å²) in [7, 11) is 0. The van der Waals surface area contributed by atoms with Crippen LogP contribution in [0, 0.1) is 0 Å². The number of fused-ring (bicyclic) bond motifs is 1. The van der Waals surface area contributed by atoms with Gasteiger partial charge < -0.3 is 15.9 Å². The number of phenols is 1. The summed E-state index contributed by atoms with van der Waals surface area (Å²) in [6.07, 6.45) is 0. The lowest BCUT2D eigenvalue weighted by Gasteiger charge is -2.11. The lowest BCUT2D eigenvalue weighted by Crippen LogP contribution is -2.20. The van der Waals surface area contributed by atoms with Crippen molar-refractivity contribution in [2.24, 2.45) is 5.73 Å². The van der Waals surface area contributed by atoms with E-state index in [2.05, 4.69) is 0 Å². The average Bonchev–Trinajstić information content (AvgIpc) is 2.29. The van der Waals surface area contributed by atoms with Crippen molar-refractivity contribution < 1.29 is 15.0 Å². The Morgan fingerprint density at radius 2 is 1.88 bits per heavy atom. The van der Waals surface area contributed by atoms with Gasteiger partial charge in [0.05, 0.1) is 0 Å². The second kappa shape index (κ2) is 3.83. The van der Waals surface area contributed by atoms with Crippen LogP contribution in [0.2, 0.25) is 0 Å². The van der Waals surface area contributed by atoms with Gasteiger partial charge in [-0.3, -0.25) is 4.79 Å². The highest BCUT2D eigenvalue weighted by molar-refractivity contribution is 5.91. The van der Waals surface area contributed by atoms with Gasteiger partial charge in [0.2, 0.25) is 0 Å². The molecule has 0 spiro atoms. The minimum absolute atomic E-state index is 0.0620. The van der Waals surface area contributed by atoms with E-state index in [1.807, 2.05) is 12.1 Å². The van der Waals surface area contributed by atoms with E-state index in [-0.39, 0.29) is 11.3 Å². The summed E-state index contributed by atoms with van der Waals surface area (Å²) >= 11 is 0. The molecule has 0 fully saturated rings. The Kier molecular flexibility index (Phi) is 2.50. The zero-order valence-corrected chi connectivity index (χ0v) is 8.42. The molecule has 0 aliphatic heterocycles. The smallest absolute Gasteiger partial charge is 0.325 e. The molecule has 0 bridgehead atoms. The molecule has 0 aliphatic carbocycles. The Labute approximate surface area is 91.9 Å². The van der Waals surface area contributed by atoms with Crippen molar-refractivity contribution in [2.75, 3.05) is 0 Å². The number of carboxylic acids is 1. The van der Waals surface area contributed by atoms with Crippen LogP contribution in [0.15, 0.2) is 36.4 Å².